The van der Waals surface area contributed by atoms with Crippen LogP contribution in [0.2, 0.25) is 0 Å². The summed E-state index contributed by atoms with van der Waals surface area (Å²) in [5, 5.41) is 19.1. The maximum Gasteiger partial charge on any atom is 0.286 e. The van der Waals surface area contributed by atoms with Crippen molar-refractivity contribution in [2.75, 3.05) is 0 Å². The molecule has 0 radical (unpaired) electrons. The molecule has 0 aliphatic rings. The number of aromatic hydroxyl groups is 1. The maximum atomic E-state index is 10.2. The number of thiol groups is 1. The number of phenols is 1. The number of hydrogen-bond acceptors (Lipinski definition) is 4. The van der Waals surface area contributed by atoms with Crippen LogP contribution < -0.4 is 0 Å². The van der Waals surface area contributed by atoms with Crippen LogP contribution in [-0.4, -0.2) is 10.0 Å². The first kappa shape index (κ1) is 7.87. The van der Waals surface area contributed by atoms with Gasteiger partial charge in [0.15, 0.2) is 0 Å². The molecule has 11 heavy (non-hydrogen) atoms. The Morgan fingerprint density at radius 3 is 2.64 bits per heavy atom. The Morgan fingerprint density at radius 2 is 2.18 bits per heavy atom. The number of nitrogens with zero attached hydrogens (tertiary/aromatic N) is 1. The molecule has 1 aromatic rings. The third-order valence-electron chi connectivity index (χ3n) is 1.16. The SMILES string of the molecule is O=[N+]([O-])c1cc(O)ccc1S. The van der Waals surface area contributed by atoms with E-state index in [1.807, 2.05) is 0 Å². The van der Waals surface area contributed by atoms with Gasteiger partial charge in [0.2, 0.25) is 0 Å². The van der Waals surface area contributed by atoms with Crippen molar-refractivity contribution >= 4 is 18.3 Å². The second kappa shape index (κ2) is 2.79. The molecule has 1 aromatic carbocycles. The Labute approximate surface area is 68.0 Å². The Morgan fingerprint density at radius 1 is 1.55 bits per heavy atom. The monoisotopic (exact) mass is 171 g/mol. The fourth-order valence-electron chi connectivity index (χ4n) is 0.658. The highest BCUT2D eigenvalue weighted by molar-refractivity contribution is 7.80. The van der Waals surface area contributed by atoms with Gasteiger partial charge in [-0.25, -0.2) is 0 Å². The number of nitro groups is 1. The largest absolute Gasteiger partial charge is 0.508 e. The molecule has 0 spiro atoms. The third kappa shape index (κ3) is 1.62. The van der Waals surface area contributed by atoms with E-state index in [9.17, 15) is 10.1 Å². The van der Waals surface area contributed by atoms with E-state index in [0.29, 0.717) is 0 Å². The normalized spacial score (nSPS) is 9.55. The quantitative estimate of drug-likeness (QED) is 0.383. The summed E-state index contributed by atoms with van der Waals surface area (Å²) in [6.07, 6.45) is 0. The number of nitro benzene ring substituents is 1. The van der Waals surface area contributed by atoms with Crippen LogP contribution in [0.15, 0.2) is 23.1 Å². The zero-order valence-electron chi connectivity index (χ0n) is 5.39. The van der Waals surface area contributed by atoms with Gasteiger partial charge in [-0.2, -0.15) is 0 Å². The van der Waals surface area contributed by atoms with Crippen LogP contribution in [0.3, 0.4) is 0 Å². The predicted octanol–water partition coefficient (Wildman–Crippen LogP) is 1.59. The molecule has 0 fully saturated rings. The van der Waals surface area contributed by atoms with Gasteiger partial charge in [-0.05, 0) is 12.1 Å². The van der Waals surface area contributed by atoms with Crippen LogP contribution in [0.25, 0.3) is 0 Å². The summed E-state index contributed by atoms with van der Waals surface area (Å²) < 4.78 is 0. The van der Waals surface area contributed by atoms with Gasteiger partial charge in [-0.15, -0.1) is 12.6 Å². The van der Waals surface area contributed by atoms with Gasteiger partial charge < -0.3 is 5.11 Å². The molecule has 1 rings (SSSR count). The smallest absolute Gasteiger partial charge is 0.286 e. The number of rotatable bonds is 1. The lowest BCUT2D eigenvalue weighted by Crippen LogP contribution is -1.88. The van der Waals surface area contributed by atoms with Crippen molar-refractivity contribution in [3.8, 4) is 5.75 Å². The first-order chi connectivity index (χ1) is 5.11. The second-order valence-corrected chi connectivity index (χ2v) is 2.41. The molecule has 0 aliphatic carbocycles. The molecular weight excluding hydrogens is 166 g/mol. The van der Waals surface area contributed by atoms with Crippen LogP contribution >= 0.6 is 12.6 Å². The summed E-state index contributed by atoms with van der Waals surface area (Å²) in [5.74, 6) is -0.130. The zero-order chi connectivity index (χ0) is 8.43. The molecule has 5 heteroatoms. The summed E-state index contributed by atoms with van der Waals surface area (Å²) in [6.45, 7) is 0. The average Bonchev–Trinajstić information content (AvgIpc) is 1.94. The van der Waals surface area contributed by atoms with Crippen molar-refractivity contribution in [2.24, 2.45) is 0 Å². The molecule has 58 valence electrons. The van der Waals surface area contributed by atoms with E-state index in [4.69, 9.17) is 5.11 Å². The molecule has 0 aromatic heterocycles. The van der Waals surface area contributed by atoms with Crippen molar-refractivity contribution in [1.29, 1.82) is 0 Å². The van der Waals surface area contributed by atoms with Crippen LogP contribution in [0.4, 0.5) is 5.69 Å². The van der Waals surface area contributed by atoms with Crippen molar-refractivity contribution in [3.05, 3.63) is 28.3 Å². The van der Waals surface area contributed by atoms with Crippen molar-refractivity contribution in [1.82, 2.24) is 0 Å². The van der Waals surface area contributed by atoms with Gasteiger partial charge in [0, 0.05) is 0 Å². The lowest BCUT2D eigenvalue weighted by atomic mass is 10.3. The van der Waals surface area contributed by atoms with Gasteiger partial charge in [-0.3, -0.25) is 10.1 Å². The van der Waals surface area contributed by atoms with Crippen LogP contribution in [-0.2, 0) is 0 Å². The number of benzene rings is 1. The van der Waals surface area contributed by atoms with E-state index >= 15 is 0 Å². The van der Waals surface area contributed by atoms with Crippen LogP contribution in [0.5, 0.6) is 5.75 Å². The van der Waals surface area contributed by atoms with Gasteiger partial charge in [-0.1, -0.05) is 0 Å². The summed E-state index contributed by atoms with van der Waals surface area (Å²) in [4.78, 5) is 9.87. The summed E-state index contributed by atoms with van der Waals surface area (Å²) >= 11 is 3.83. The minimum absolute atomic E-state index is 0.130. The molecule has 0 aliphatic heterocycles. The molecular formula is C6H5NO3S. The zero-order valence-corrected chi connectivity index (χ0v) is 6.28. The van der Waals surface area contributed by atoms with Crippen molar-refractivity contribution in [2.45, 2.75) is 4.90 Å². The minimum Gasteiger partial charge on any atom is -0.508 e. The maximum absolute atomic E-state index is 10.2. The molecule has 0 amide bonds. The summed E-state index contributed by atoms with van der Waals surface area (Å²) in [6, 6.07) is 3.77. The lowest BCUT2D eigenvalue weighted by Gasteiger charge is -1.95. The summed E-state index contributed by atoms with van der Waals surface area (Å²) in [7, 11) is 0. The predicted molar refractivity (Wildman–Crippen MR) is 42.0 cm³/mol. The standard InChI is InChI=1S/C6H5NO3S/c8-4-1-2-6(11)5(3-4)7(9)10/h1-3,8,11H. The Bertz CT molecular complexity index is 300. The highest BCUT2D eigenvalue weighted by atomic mass is 32.1. The molecule has 1 N–H and O–H groups in total. The average molecular weight is 171 g/mol. The Kier molecular flexibility index (Phi) is 2.00. The van der Waals surface area contributed by atoms with Crippen LogP contribution in [0, 0.1) is 10.1 Å². The molecule has 0 bridgehead atoms. The molecule has 0 heterocycles. The fourth-order valence-corrected chi connectivity index (χ4v) is 0.879. The minimum atomic E-state index is -0.595. The molecule has 0 saturated carbocycles. The Balaban J connectivity index is 3.23. The van der Waals surface area contributed by atoms with E-state index in [0.717, 1.165) is 6.07 Å². The molecule has 0 saturated heterocycles. The second-order valence-electron chi connectivity index (χ2n) is 1.93. The molecule has 0 atom stereocenters. The third-order valence-corrected chi connectivity index (χ3v) is 1.53. The van der Waals surface area contributed by atoms with Crippen LogP contribution in [0.1, 0.15) is 0 Å². The van der Waals surface area contributed by atoms with E-state index in [1.165, 1.54) is 12.1 Å². The van der Waals surface area contributed by atoms with E-state index in [-0.39, 0.29) is 16.3 Å². The van der Waals surface area contributed by atoms with Crippen molar-refractivity contribution in [3.63, 3.8) is 0 Å². The first-order valence-corrected chi connectivity index (χ1v) is 3.22. The van der Waals surface area contributed by atoms with Gasteiger partial charge >= 0.3 is 0 Å². The summed E-state index contributed by atoms with van der Waals surface area (Å²) in [5.41, 5.74) is -0.187. The van der Waals surface area contributed by atoms with E-state index in [2.05, 4.69) is 12.6 Å². The van der Waals surface area contributed by atoms with Crippen molar-refractivity contribution < 1.29 is 10.0 Å². The van der Waals surface area contributed by atoms with E-state index in [1.54, 1.807) is 0 Å². The fraction of sp³-hybridized carbons (Fsp3) is 0. The number of phenolic OH excluding ortho intramolecular Hbond substituents is 1. The highest BCUT2D eigenvalue weighted by Gasteiger charge is 2.10. The van der Waals surface area contributed by atoms with Gasteiger partial charge in [0.1, 0.15) is 5.75 Å². The topological polar surface area (TPSA) is 63.4 Å². The highest BCUT2D eigenvalue weighted by Crippen LogP contribution is 2.25. The lowest BCUT2D eigenvalue weighted by molar-refractivity contribution is -0.387. The Hall–Kier alpha value is -1.23. The van der Waals surface area contributed by atoms with Gasteiger partial charge in [0.25, 0.3) is 5.69 Å². The number of hydrogen-bond donors (Lipinski definition) is 2. The first-order valence-electron chi connectivity index (χ1n) is 2.77. The van der Waals surface area contributed by atoms with Gasteiger partial charge in [0.05, 0.1) is 15.9 Å². The van der Waals surface area contributed by atoms with E-state index < -0.39 is 4.92 Å². The molecule has 0 unspecified atom stereocenters. The molecule has 4 nitrogen and oxygen atoms in total.